The number of nitro groups is 2. The third-order valence-corrected chi connectivity index (χ3v) is 8.67. The van der Waals surface area contributed by atoms with E-state index in [-0.39, 0.29) is 66.7 Å². The Bertz CT molecular complexity index is 2180. The van der Waals surface area contributed by atoms with Crippen molar-refractivity contribution in [2.75, 3.05) is 11.1 Å². The van der Waals surface area contributed by atoms with Gasteiger partial charge in [-0.05, 0) is 94.5 Å². The molecule has 6 aromatic carbocycles. The second-order valence-electron chi connectivity index (χ2n) is 13.2. The van der Waals surface area contributed by atoms with E-state index in [1.807, 2.05) is 116 Å². The summed E-state index contributed by atoms with van der Waals surface area (Å²) in [6.45, 7) is 12.1. The quantitative estimate of drug-likeness (QED) is 0.0784. The van der Waals surface area contributed by atoms with E-state index in [1.165, 1.54) is 17.7 Å². The molecule has 0 aliphatic heterocycles. The Morgan fingerprint density at radius 1 is 0.582 bits per heavy atom. The molecular weight excluding hydrogens is 726 g/mol. The summed E-state index contributed by atoms with van der Waals surface area (Å²) in [6.07, 6.45) is 0. The molecule has 0 heterocycles. The van der Waals surface area contributed by atoms with Crippen LogP contribution in [0.25, 0.3) is 22.3 Å². The molecule has 8 nitrogen and oxygen atoms in total. The zero-order valence-electron chi connectivity index (χ0n) is 32.2. The summed E-state index contributed by atoms with van der Waals surface area (Å²) in [7, 11) is 0. The number of nitrogens with one attached hydrogen (secondary N) is 1. The molecule has 0 aromatic heterocycles. The monoisotopic (exact) mass is 770 g/mol. The van der Waals surface area contributed by atoms with E-state index in [4.69, 9.17) is 5.73 Å². The first-order valence-corrected chi connectivity index (χ1v) is 17.3. The summed E-state index contributed by atoms with van der Waals surface area (Å²) in [5.41, 5.74) is 15.1. The van der Waals surface area contributed by atoms with Crippen LogP contribution in [0.5, 0.6) is 0 Å². The molecule has 0 saturated heterocycles. The Morgan fingerprint density at radius 3 is 1.45 bits per heavy atom. The number of nitrogens with two attached hydrogens (primary N) is 1. The van der Waals surface area contributed by atoms with Crippen LogP contribution in [0.15, 0.2) is 133 Å². The second kappa shape index (κ2) is 21.9. The molecule has 0 fully saturated rings. The van der Waals surface area contributed by atoms with Crippen LogP contribution in [0, 0.1) is 39.9 Å². The second-order valence-corrected chi connectivity index (χ2v) is 13.2. The number of nitrogen functional groups attached to an aromatic ring is 1. The van der Waals surface area contributed by atoms with E-state index in [1.54, 1.807) is 13.0 Å². The molecule has 11 heteroatoms. The van der Waals surface area contributed by atoms with Crippen LogP contribution in [-0.4, -0.2) is 9.85 Å². The number of anilines is 3. The van der Waals surface area contributed by atoms with Gasteiger partial charge in [0.1, 0.15) is 5.69 Å². The van der Waals surface area contributed by atoms with E-state index >= 15 is 0 Å². The molecule has 0 aliphatic carbocycles. The van der Waals surface area contributed by atoms with Gasteiger partial charge in [-0.1, -0.05) is 125 Å². The summed E-state index contributed by atoms with van der Waals surface area (Å²) in [5.74, 6) is 0.0393. The van der Waals surface area contributed by atoms with Crippen LogP contribution in [0.3, 0.4) is 0 Å². The predicted molar refractivity (Wildman–Crippen MR) is 215 cm³/mol. The molecule has 0 aliphatic rings. The van der Waals surface area contributed by atoms with Gasteiger partial charge in [-0.25, -0.2) is 0 Å². The molecule has 3 N–H and O–H groups in total. The molecule has 6 aromatic rings. The normalized spacial score (nSPS) is 10.1. The van der Waals surface area contributed by atoms with Gasteiger partial charge in [0.25, 0.3) is 5.69 Å². The molecule has 280 valence electrons. The minimum absolute atomic E-state index is 0. The SMILES string of the molecule is CC(C)c1ccccc1N.Cc1cc([N+](=O)[O-])c(F)cc1-c1ccccc1.Cc1cc([N+](=O)[O-])c(Nc2ccccc2C(C)C)cc1-c1ccccc1.[F-].[K+]. The van der Waals surface area contributed by atoms with Gasteiger partial charge < -0.3 is 15.8 Å². The van der Waals surface area contributed by atoms with Crippen LogP contribution >= 0.6 is 0 Å². The van der Waals surface area contributed by atoms with Gasteiger partial charge in [0, 0.05) is 23.5 Å². The fourth-order valence-corrected chi connectivity index (χ4v) is 5.90. The number of nitrogens with zero attached hydrogens (tertiary/aromatic N) is 2. The summed E-state index contributed by atoms with van der Waals surface area (Å²) in [6, 6.07) is 41.1. The Kier molecular flexibility index (Phi) is 18.5. The molecule has 0 bridgehead atoms. The minimum atomic E-state index is -0.806. The third-order valence-electron chi connectivity index (χ3n) is 8.67. The smallest absolute Gasteiger partial charge is 1.00 e. The van der Waals surface area contributed by atoms with Crippen molar-refractivity contribution in [1.29, 1.82) is 0 Å². The minimum Gasteiger partial charge on any atom is -1.00 e. The fourth-order valence-electron chi connectivity index (χ4n) is 5.90. The van der Waals surface area contributed by atoms with Gasteiger partial charge >= 0.3 is 57.1 Å². The maximum atomic E-state index is 13.5. The topological polar surface area (TPSA) is 124 Å². The number of benzene rings is 6. The number of nitro benzene ring substituents is 2. The van der Waals surface area contributed by atoms with Crippen molar-refractivity contribution in [3.8, 4) is 22.3 Å². The number of para-hydroxylation sites is 2. The molecule has 0 unspecified atom stereocenters. The summed E-state index contributed by atoms with van der Waals surface area (Å²) in [5, 5.41) is 25.5. The van der Waals surface area contributed by atoms with E-state index in [2.05, 4.69) is 39.1 Å². The molecule has 0 radical (unpaired) electrons. The van der Waals surface area contributed by atoms with Crippen LogP contribution < -0.4 is 67.1 Å². The van der Waals surface area contributed by atoms with Crippen molar-refractivity contribution < 1.29 is 70.3 Å². The first-order valence-electron chi connectivity index (χ1n) is 17.3. The number of rotatable bonds is 8. The number of halogens is 2. The molecular formula is C44H45F2KN4O4. The third kappa shape index (κ3) is 12.6. The largest absolute Gasteiger partial charge is 1.00 e. The Labute approximate surface area is 364 Å². The maximum Gasteiger partial charge on any atom is 1.00 e. The summed E-state index contributed by atoms with van der Waals surface area (Å²) >= 11 is 0. The van der Waals surface area contributed by atoms with Crippen molar-refractivity contribution >= 4 is 28.4 Å². The molecule has 55 heavy (non-hydrogen) atoms. The van der Waals surface area contributed by atoms with E-state index < -0.39 is 16.4 Å². The molecule has 0 spiro atoms. The van der Waals surface area contributed by atoms with E-state index in [0.717, 1.165) is 39.2 Å². The van der Waals surface area contributed by atoms with Gasteiger partial charge in [-0.3, -0.25) is 20.2 Å². The van der Waals surface area contributed by atoms with Crippen LogP contribution in [0.4, 0.5) is 32.8 Å². The number of hydrogen-bond donors (Lipinski definition) is 2. The van der Waals surface area contributed by atoms with E-state index in [0.29, 0.717) is 28.7 Å². The van der Waals surface area contributed by atoms with Crippen LogP contribution in [-0.2, 0) is 0 Å². The Hall–Kier alpha value is -4.78. The first kappa shape index (κ1) is 46.4. The van der Waals surface area contributed by atoms with Crippen molar-refractivity contribution in [3.05, 3.63) is 182 Å². The number of aryl methyl sites for hydroxylation is 2. The maximum absolute atomic E-state index is 13.5. The van der Waals surface area contributed by atoms with E-state index in [9.17, 15) is 24.6 Å². The molecule has 0 saturated carbocycles. The fraction of sp³-hybridized carbons (Fsp3) is 0.182. The van der Waals surface area contributed by atoms with Gasteiger partial charge in [0.2, 0.25) is 5.82 Å². The molecule has 0 amide bonds. The summed E-state index contributed by atoms with van der Waals surface area (Å²) in [4.78, 5) is 21.1. The van der Waals surface area contributed by atoms with Crippen LogP contribution in [0.2, 0.25) is 0 Å². The first-order chi connectivity index (χ1) is 25.3. The molecule has 0 atom stereocenters. The molecule has 6 rings (SSSR count). The Morgan fingerprint density at radius 2 is 1.00 bits per heavy atom. The van der Waals surface area contributed by atoms with Crippen LogP contribution in [0.1, 0.15) is 61.8 Å². The summed E-state index contributed by atoms with van der Waals surface area (Å²) < 4.78 is 13.5. The van der Waals surface area contributed by atoms with Crippen molar-refractivity contribution in [2.24, 2.45) is 0 Å². The average molecular weight is 771 g/mol. The average Bonchev–Trinajstić information content (AvgIpc) is 3.14. The Balaban J connectivity index is 0.000000310. The predicted octanol–water partition coefficient (Wildman–Crippen LogP) is 6.55. The van der Waals surface area contributed by atoms with Crippen molar-refractivity contribution in [2.45, 2.75) is 53.4 Å². The standard InChI is InChI=1S/C22H22N2O2.C13H10FNO2.C9H13N.FH.K/c1-15(2)18-11-7-8-12-20(18)23-21-14-19(17-9-5-4-6-10-17)16(3)13-22(21)24(25)26;1-9-7-13(15(16)17)12(14)8-11(9)10-5-3-2-4-6-10;1-7(2)8-5-3-4-6-9(8)10;;/h4-15,23H,1-3H3;2-8H,1H3;3-7H,10H2,1-2H3;1H;/q;;;;+1/p-1. The zero-order valence-corrected chi connectivity index (χ0v) is 35.3. The van der Waals surface area contributed by atoms with Gasteiger partial charge in [-0.2, -0.15) is 4.39 Å². The van der Waals surface area contributed by atoms with Gasteiger partial charge in [-0.15, -0.1) is 0 Å². The number of hydrogen-bond acceptors (Lipinski definition) is 6. The zero-order chi connectivity index (χ0) is 38.7. The van der Waals surface area contributed by atoms with Crippen molar-refractivity contribution in [1.82, 2.24) is 0 Å². The van der Waals surface area contributed by atoms with Gasteiger partial charge in [0.15, 0.2) is 0 Å². The van der Waals surface area contributed by atoms with Crippen molar-refractivity contribution in [3.63, 3.8) is 0 Å². The van der Waals surface area contributed by atoms with Gasteiger partial charge in [0.05, 0.1) is 9.85 Å².